The van der Waals surface area contributed by atoms with E-state index in [1.807, 2.05) is 18.7 Å². The number of Topliss-reactive ketones (excluding diaryl/α,β-unsaturated/α-hetero) is 1. The molecule has 22 heavy (non-hydrogen) atoms. The number of ketones is 1. The number of rotatable bonds is 5. The summed E-state index contributed by atoms with van der Waals surface area (Å²) in [6.45, 7) is 5.74. The van der Waals surface area contributed by atoms with E-state index < -0.39 is 0 Å². The molecule has 0 spiro atoms. The van der Waals surface area contributed by atoms with Crippen molar-refractivity contribution < 1.29 is 14.3 Å². The Labute approximate surface area is 139 Å². The van der Waals surface area contributed by atoms with Gasteiger partial charge in [-0.05, 0) is 32.0 Å². The number of benzene rings is 1. The maximum atomic E-state index is 12.3. The van der Waals surface area contributed by atoms with Gasteiger partial charge in [0.25, 0.3) is 5.91 Å². The fourth-order valence-corrected chi connectivity index (χ4v) is 3.34. The zero-order valence-corrected chi connectivity index (χ0v) is 14.2. The summed E-state index contributed by atoms with van der Waals surface area (Å²) in [7, 11) is 0. The van der Waals surface area contributed by atoms with E-state index in [0.29, 0.717) is 17.0 Å². The molecule has 7 heteroatoms. The first-order chi connectivity index (χ1) is 10.5. The number of hydrogen-bond acceptors (Lipinski definition) is 5. The normalized spacial score (nSPS) is 12.9. The first-order valence-corrected chi connectivity index (χ1v) is 8.46. The van der Waals surface area contributed by atoms with E-state index >= 15 is 0 Å². The average Bonchev–Trinajstić information content (AvgIpc) is 2.53. The highest BCUT2D eigenvalue weighted by atomic mass is 32.2. The van der Waals surface area contributed by atoms with Crippen molar-refractivity contribution in [3.63, 3.8) is 0 Å². The number of carbonyl (C=O) groups is 2. The van der Waals surface area contributed by atoms with Gasteiger partial charge in [-0.25, -0.2) is 0 Å². The molecule has 118 valence electrons. The highest BCUT2D eigenvalue weighted by Crippen LogP contribution is 2.29. The molecule has 0 saturated carbocycles. The van der Waals surface area contributed by atoms with Crippen molar-refractivity contribution in [2.45, 2.75) is 13.8 Å². The number of nitrogens with zero attached hydrogens (tertiary/aromatic N) is 1. The predicted octanol–water partition coefficient (Wildman–Crippen LogP) is 2.56. The number of fused-ring (bicyclic) bond motifs is 1. The van der Waals surface area contributed by atoms with Crippen LogP contribution in [0.5, 0.6) is 5.75 Å². The molecule has 0 unspecified atom stereocenters. The molecule has 0 radical (unpaired) electrons. The molecule has 1 amide bonds. The quantitative estimate of drug-likeness (QED) is 0.658. The minimum absolute atomic E-state index is 0.00822. The van der Waals surface area contributed by atoms with Crippen LogP contribution in [0.15, 0.2) is 18.2 Å². The van der Waals surface area contributed by atoms with E-state index in [1.165, 1.54) is 11.8 Å². The van der Waals surface area contributed by atoms with E-state index in [2.05, 4.69) is 5.32 Å². The molecule has 0 bridgehead atoms. The third kappa shape index (κ3) is 3.98. The minimum atomic E-state index is -0.214. The highest BCUT2D eigenvalue weighted by Gasteiger charge is 2.18. The molecule has 1 heterocycles. The Morgan fingerprint density at radius 2 is 2.14 bits per heavy atom. The smallest absolute Gasteiger partial charge is 0.262 e. The number of nitrogens with one attached hydrogen (secondary N) is 1. The van der Waals surface area contributed by atoms with Crippen molar-refractivity contribution in [2.24, 2.45) is 0 Å². The summed E-state index contributed by atoms with van der Waals surface area (Å²) in [6.07, 6.45) is 0. The monoisotopic (exact) mass is 338 g/mol. The van der Waals surface area contributed by atoms with Gasteiger partial charge in [0.15, 0.2) is 12.4 Å². The fourth-order valence-electron chi connectivity index (χ4n) is 2.04. The number of anilines is 1. The van der Waals surface area contributed by atoms with Crippen molar-refractivity contribution in [3.05, 3.63) is 23.8 Å². The van der Waals surface area contributed by atoms with Gasteiger partial charge in [-0.2, -0.15) is 0 Å². The summed E-state index contributed by atoms with van der Waals surface area (Å²) in [5, 5.41) is 2.70. The van der Waals surface area contributed by atoms with E-state index in [-0.39, 0.29) is 24.1 Å². The molecule has 1 aliphatic heterocycles. The molecular weight excluding hydrogens is 320 g/mol. The van der Waals surface area contributed by atoms with Gasteiger partial charge in [-0.1, -0.05) is 24.0 Å². The molecular formula is C15H18N2O3S2. The molecule has 0 aliphatic carbocycles. The number of thiocarbonyl (C=S) groups is 1. The average molecular weight is 338 g/mol. The number of hydrogen-bond donors (Lipinski definition) is 1. The van der Waals surface area contributed by atoms with E-state index in [0.717, 1.165) is 17.4 Å². The summed E-state index contributed by atoms with van der Waals surface area (Å²) < 4.78 is 6.00. The Kier molecular flexibility index (Phi) is 5.79. The van der Waals surface area contributed by atoms with Crippen molar-refractivity contribution >= 4 is 45.7 Å². The molecule has 1 N–H and O–H groups in total. The maximum Gasteiger partial charge on any atom is 0.262 e. The first-order valence-electron chi connectivity index (χ1n) is 7.06. The van der Waals surface area contributed by atoms with Crippen molar-refractivity contribution in [3.8, 4) is 5.75 Å². The van der Waals surface area contributed by atoms with Crippen LogP contribution in [-0.2, 0) is 4.79 Å². The molecule has 5 nitrogen and oxygen atoms in total. The van der Waals surface area contributed by atoms with Gasteiger partial charge in [-0.3, -0.25) is 9.59 Å². The lowest BCUT2D eigenvalue weighted by atomic mass is 10.1. The second kappa shape index (κ2) is 7.60. The Morgan fingerprint density at radius 3 is 2.82 bits per heavy atom. The standard InChI is InChI=1S/C15H18N2O3S2/c1-3-17(4-2)15(21)22-9-12(18)10-5-6-13-11(7-10)16-14(19)8-20-13/h5-7H,3-4,8-9H2,1-2H3,(H,16,19). The zero-order chi connectivity index (χ0) is 16.1. The molecule has 1 aromatic carbocycles. The molecule has 0 fully saturated rings. The zero-order valence-electron chi connectivity index (χ0n) is 12.5. The van der Waals surface area contributed by atoms with Crippen LogP contribution in [0, 0.1) is 0 Å². The number of carbonyl (C=O) groups excluding carboxylic acids is 2. The van der Waals surface area contributed by atoms with Crippen LogP contribution in [0.2, 0.25) is 0 Å². The fraction of sp³-hybridized carbons (Fsp3) is 0.400. The van der Waals surface area contributed by atoms with Crippen LogP contribution in [-0.4, -0.2) is 46.4 Å². The van der Waals surface area contributed by atoms with Gasteiger partial charge in [-0.15, -0.1) is 0 Å². The van der Waals surface area contributed by atoms with Crippen LogP contribution in [0.3, 0.4) is 0 Å². The van der Waals surface area contributed by atoms with Gasteiger partial charge < -0.3 is 15.0 Å². The summed E-state index contributed by atoms with van der Waals surface area (Å²) in [5.41, 5.74) is 1.08. The van der Waals surface area contributed by atoms with Crippen molar-refractivity contribution in [1.29, 1.82) is 0 Å². The summed E-state index contributed by atoms with van der Waals surface area (Å²) in [6, 6.07) is 5.06. The van der Waals surface area contributed by atoms with E-state index in [9.17, 15) is 9.59 Å². The number of ether oxygens (including phenoxy) is 1. The largest absolute Gasteiger partial charge is 0.482 e. The topological polar surface area (TPSA) is 58.6 Å². The lowest BCUT2D eigenvalue weighted by molar-refractivity contribution is -0.118. The second-order valence-corrected chi connectivity index (χ2v) is 6.31. The van der Waals surface area contributed by atoms with Gasteiger partial charge >= 0.3 is 0 Å². The van der Waals surface area contributed by atoms with Crippen LogP contribution in [0.4, 0.5) is 5.69 Å². The minimum Gasteiger partial charge on any atom is -0.482 e. The first kappa shape index (κ1) is 16.8. The third-order valence-corrected chi connectivity index (χ3v) is 4.81. The lowest BCUT2D eigenvalue weighted by Gasteiger charge is -2.21. The molecule has 0 atom stereocenters. The van der Waals surface area contributed by atoms with E-state index in [1.54, 1.807) is 18.2 Å². The molecule has 0 aromatic heterocycles. The Balaban J connectivity index is 2.00. The molecule has 0 saturated heterocycles. The molecule has 2 rings (SSSR count). The Bertz CT molecular complexity index is 600. The number of amides is 1. The third-order valence-electron chi connectivity index (χ3n) is 3.28. The van der Waals surface area contributed by atoms with Crippen molar-refractivity contribution in [2.75, 3.05) is 30.8 Å². The van der Waals surface area contributed by atoms with Gasteiger partial charge in [0.05, 0.1) is 11.4 Å². The highest BCUT2D eigenvalue weighted by molar-refractivity contribution is 8.23. The summed E-state index contributed by atoms with van der Waals surface area (Å²) in [4.78, 5) is 25.6. The maximum absolute atomic E-state index is 12.3. The Hall–Kier alpha value is -1.60. The van der Waals surface area contributed by atoms with Crippen LogP contribution >= 0.6 is 24.0 Å². The van der Waals surface area contributed by atoms with Crippen LogP contribution in [0.1, 0.15) is 24.2 Å². The number of thioether (sulfide) groups is 1. The van der Waals surface area contributed by atoms with E-state index in [4.69, 9.17) is 17.0 Å². The SMILES string of the molecule is CCN(CC)C(=S)SCC(=O)c1ccc2c(c1)NC(=O)CO2. The molecule has 1 aliphatic rings. The molecule has 1 aromatic rings. The lowest BCUT2D eigenvalue weighted by Crippen LogP contribution is -2.27. The van der Waals surface area contributed by atoms with Gasteiger partial charge in [0.1, 0.15) is 10.1 Å². The predicted molar refractivity (Wildman–Crippen MR) is 92.9 cm³/mol. The van der Waals surface area contributed by atoms with Gasteiger partial charge in [0.2, 0.25) is 0 Å². The summed E-state index contributed by atoms with van der Waals surface area (Å²) >= 11 is 6.68. The van der Waals surface area contributed by atoms with Gasteiger partial charge in [0, 0.05) is 18.7 Å². The second-order valence-electron chi connectivity index (χ2n) is 4.70. The van der Waals surface area contributed by atoms with Crippen LogP contribution in [0.25, 0.3) is 0 Å². The Morgan fingerprint density at radius 1 is 1.41 bits per heavy atom. The summed E-state index contributed by atoms with van der Waals surface area (Å²) in [5.74, 6) is 0.627. The van der Waals surface area contributed by atoms with Crippen molar-refractivity contribution in [1.82, 2.24) is 4.90 Å². The van der Waals surface area contributed by atoms with Crippen LogP contribution < -0.4 is 10.1 Å².